The number of ether oxygens (including phenoxy) is 2. The number of rotatable bonds is 9. The van der Waals surface area contributed by atoms with E-state index in [9.17, 15) is 9.59 Å². The second kappa shape index (κ2) is 9.19. The quantitative estimate of drug-likeness (QED) is 0.303. The van der Waals surface area contributed by atoms with Gasteiger partial charge in [-0.25, -0.2) is 0 Å². The Morgan fingerprint density at radius 3 is 1.15 bits per heavy atom. The Kier molecular flexibility index (Phi) is 6.49. The van der Waals surface area contributed by atoms with Crippen molar-refractivity contribution in [1.82, 2.24) is 0 Å². The van der Waals surface area contributed by atoms with Gasteiger partial charge in [0.05, 0.1) is 26.1 Å². The number of carbonyl (C=O) groups is 2. The molecule has 8 fully saturated rings. The van der Waals surface area contributed by atoms with Crippen molar-refractivity contribution in [3.63, 3.8) is 0 Å². The lowest BCUT2D eigenvalue weighted by molar-refractivity contribution is -0.151. The summed E-state index contributed by atoms with van der Waals surface area (Å²) in [5.41, 5.74) is 0. The van der Waals surface area contributed by atoms with Gasteiger partial charge in [0.2, 0.25) is 0 Å². The van der Waals surface area contributed by atoms with Crippen LogP contribution in [-0.4, -0.2) is 34.6 Å². The standard InChI is InChI=1S/C28H42O4S2/c29-25(31-5-3-27(33)21-9-17-7-18(11-21)12-22(27)10-17)1-2-26(30)32-6-4-28(34)23-13-19-8-20(15-23)16-24(28)14-19/h17-24,33-34H,1-16H2. The van der Waals surface area contributed by atoms with Crippen molar-refractivity contribution in [3.8, 4) is 0 Å². The summed E-state index contributed by atoms with van der Waals surface area (Å²) in [4.78, 5) is 24.5. The Hall–Kier alpha value is -0.360. The second-order valence-electron chi connectivity index (χ2n) is 13.0. The minimum absolute atomic E-state index is 0.0351. The van der Waals surface area contributed by atoms with E-state index in [0.717, 1.165) is 36.5 Å². The Morgan fingerprint density at radius 2 is 0.853 bits per heavy atom. The van der Waals surface area contributed by atoms with E-state index >= 15 is 0 Å². The molecule has 4 nitrogen and oxygen atoms in total. The van der Waals surface area contributed by atoms with Crippen LogP contribution >= 0.6 is 25.3 Å². The molecular weight excluding hydrogens is 464 g/mol. The van der Waals surface area contributed by atoms with Gasteiger partial charge in [-0.15, -0.1) is 0 Å². The van der Waals surface area contributed by atoms with Crippen LogP contribution in [0.15, 0.2) is 0 Å². The fourth-order valence-corrected chi connectivity index (χ4v) is 10.8. The molecule has 8 aliphatic carbocycles. The normalized spacial score (nSPS) is 47.7. The zero-order valence-corrected chi connectivity index (χ0v) is 22.2. The maximum Gasteiger partial charge on any atom is 0.306 e. The molecule has 0 amide bonds. The first-order valence-corrected chi connectivity index (χ1v) is 15.0. The Bertz CT molecular complexity index is 688. The highest BCUT2D eigenvalue weighted by Crippen LogP contribution is 2.62. The summed E-state index contributed by atoms with van der Waals surface area (Å²) in [6.45, 7) is 0.847. The molecule has 0 unspecified atom stereocenters. The number of hydrogen-bond acceptors (Lipinski definition) is 6. The van der Waals surface area contributed by atoms with Crippen LogP contribution < -0.4 is 0 Å². The zero-order chi connectivity index (χ0) is 23.5. The van der Waals surface area contributed by atoms with Crippen molar-refractivity contribution < 1.29 is 19.1 Å². The molecule has 8 aliphatic rings. The van der Waals surface area contributed by atoms with E-state index in [1.54, 1.807) is 0 Å². The third-order valence-electron chi connectivity index (χ3n) is 11.2. The lowest BCUT2D eigenvalue weighted by Crippen LogP contribution is -2.55. The van der Waals surface area contributed by atoms with Gasteiger partial charge in [-0.2, -0.15) is 25.3 Å². The largest absolute Gasteiger partial charge is 0.466 e. The average Bonchev–Trinajstić information content (AvgIpc) is 2.79. The monoisotopic (exact) mass is 506 g/mol. The van der Waals surface area contributed by atoms with E-state index in [2.05, 4.69) is 0 Å². The Labute approximate surface area is 215 Å². The van der Waals surface area contributed by atoms with E-state index in [-0.39, 0.29) is 34.3 Å². The van der Waals surface area contributed by atoms with Crippen LogP contribution in [0.4, 0.5) is 0 Å². The maximum absolute atomic E-state index is 12.3. The lowest BCUT2D eigenvalue weighted by atomic mass is 9.51. The third kappa shape index (κ3) is 4.35. The van der Waals surface area contributed by atoms with Crippen LogP contribution in [0.1, 0.15) is 89.9 Å². The molecule has 8 bridgehead atoms. The molecule has 0 radical (unpaired) electrons. The smallest absolute Gasteiger partial charge is 0.306 e. The van der Waals surface area contributed by atoms with Gasteiger partial charge in [0.1, 0.15) is 0 Å². The average molecular weight is 507 g/mol. The van der Waals surface area contributed by atoms with Gasteiger partial charge in [0.25, 0.3) is 0 Å². The van der Waals surface area contributed by atoms with Gasteiger partial charge >= 0.3 is 11.9 Å². The van der Waals surface area contributed by atoms with E-state index < -0.39 is 0 Å². The van der Waals surface area contributed by atoms with Crippen molar-refractivity contribution in [3.05, 3.63) is 0 Å². The van der Waals surface area contributed by atoms with E-state index in [1.165, 1.54) is 64.2 Å². The second-order valence-corrected chi connectivity index (χ2v) is 14.7. The van der Waals surface area contributed by atoms with Gasteiger partial charge in [-0.05, 0) is 124 Å². The molecule has 0 spiro atoms. The summed E-state index contributed by atoms with van der Waals surface area (Å²) in [6.07, 6.45) is 15.3. The molecule has 0 aliphatic heterocycles. The molecule has 34 heavy (non-hydrogen) atoms. The summed E-state index contributed by atoms with van der Waals surface area (Å²) < 4.78 is 11.1. The summed E-state index contributed by atoms with van der Waals surface area (Å²) in [5.74, 6) is 5.82. The highest BCUT2D eigenvalue weighted by atomic mass is 32.1. The minimum Gasteiger partial charge on any atom is -0.466 e. The Morgan fingerprint density at radius 1 is 0.559 bits per heavy atom. The molecule has 0 N–H and O–H groups in total. The highest BCUT2D eigenvalue weighted by Gasteiger charge is 2.56. The summed E-state index contributed by atoms with van der Waals surface area (Å²) in [6, 6.07) is 0. The topological polar surface area (TPSA) is 52.6 Å². The van der Waals surface area contributed by atoms with Gasteiger partial charge in [0.15, 0.2) is 0 Å². The fraction of sp³-hybridized carbons (Fsp3) is 0.929. The molecule has 0 atom stereocenters. The summed E-state index contributed by atoms with van der Waals surface area (Å²) in [5, 5.41) is 0. The van der Waals surface area contributed by atoms with Crippen molar-refractivity contribution in [2.75, 3.05) is 13.2 Å². The predicted octanol–water partition coefficient (Wildman–Crippen LogP) is 5.88. The summed E-state index contributed by atoms with van der Waals surface area (Å²) >= 11 is 10.3. The molecule has 8 saturated carbocycles. The van der Waals surface area contributed by atoms with Gasteiger partial charge in [-0.1, -0.05) is 0 Å². The number of hydrogen-bond donors (Lipinski definition) is 2. The molecule has 8 rings (SSSR count). The molecule has 0 aromatic heterocycles. The van der Waals surface area contributed by atoms with Gasteiger partial charge in [-0.3, -0.25) is 9.59 Å². The van der Waals surface area contributed by atoms with Gasteiger partial charge < -0.3 is 9.47 Å². The van der Waals surface area contributed by atoms with Crippen LogP contribution in [0.25, 0.3) is 0 Å². The van der Waals surface area contributed by atoms with Crippen LogP contribution in [0, 0.1) is 47.3 Å². The SMILES string of the molecule is O=C(CCC(=O)OCCC1(S)C2CC3CC(C2)CC1C3)OCCC1(S)C2CC3CC(C2)CC1C3. The molecule has 0 aromatic rings. The minimum atomic E-state index is -0.288. The fourth-order valence-electron chi connectivity index (χ4n) is 9.82. The number of esters is 2. The number of carbonyl (C=O) groups excluding carboxylic acids is 2. The molecule has 6 heteroatoms. The lowest BCUT2D eigenvalue weighted by Gasteiger charge is -2.59. The van der Waals surface area contributed by atoms with Crippen molar-refractivity contribution in [1.29, 1.82) is 0 Å². The van der Waals surface area contributed by atoms with Crippen molar-refractivity contribution in [2.45, 2.75) is 99.4 Å². The Balaban J connectivity index is 0.887. The molecular formula is C28H42O4S2. The highest BCUT2D eigenvalue weighted by molar-refractivity contribution is 7.82. The van der Waals surface area contributed by atoms with E-state index in [0.29, 0.717) is 36.9 Å². The van der Waals surface area contributed by atoms with Gasteiger partial charge in [0, 0.05) is 9.49 Å². The number of thiol groups is 2. The molecule has 0 saturated heterocycles. The zero-order valence-electron chi connectivity index (χ0n) is 20.5. The predicted molar refractivity (Wildman–Crippen MR) is 138 cm³/mol. The van der Waals surface area contributed by atoms with Crippen LogP contribution in [-0.2, 0) is 19.1 Å². The van der Waals surface area contributed by atoms with E-state index in [4.69, 9.17) is 34.7 Å². The maximum atomic E-state index is 12.3. The first-order chi connectivity index (χ1) is 16.3. The first kappa shape index (κ1) is 24.0. The van der Waals surface area contributed by atoms with Crippen molar-refractivity contribution in [2.24, 2.45) is 47.3 Å². The first-order valence-electron chi connectivity index (χ1n) is 14.1. The molecule has 190 valence electrons. The van der Waals surface area contributed by atoms with Crippen LogP contribution in [0.5, 0.6) is 0 Å². The van der Waals surface area contributed by atoms with E-state index in [1.807, 2.05) is 0 Å². The molecule has 0 heterocycles. The van der Waals surface area contributed by atoms with Crippen molar-refractivity contribution >= 4 is 37.2 Å². The summed E-state index contributed by atoms with van der Waals surface area (Å²) in [7, 11) is 0. The molecule has 0 aromatic carbocycles. The van der Waals surface area contributed by atoms with Crippen LogP contribution in [0.3, 0.4) is 0 Å². The van der Waals surface area contributed by atoms with Crippen LogP contribution in [0.2, 0.25) is 0 Å². The third-order valence-corrected chi connectivity index (χ3v) is 13.1.